The van der Waals surface area contributed by atoms with Gasteiger partial charge in [0.15, 0.2) is 0 Å². The molecule has 2 atom stereocenters. The lowest BCUT2D eigenvalue weighted by molar-refractivity contribution is -0.128. The number of ketones is 2. The predicted octanol–water partition coefficient (Wildman–Crippen LogP) is 1.58. The van der Waals surface area contributed by atoms with Crippen LogP contribution in [0.2, 0.25) is 0 Å². The van der Waals surface area contributed by atoms with Gasteiger partial charge in [-0.3, -0.25) is 9.59 Å². The molecule has 1 fully saturated rings. The van der Waals surface area contributed by atoms with Crippen molar-refractivity contribution in [2.24, 2.45) is 11.8 Å². The fourth-order valence-electron chi connectivity index (χ4n) is 1.81. The van der Waals surface area contributed by atoms with Crippen LogP contribution in [0.5, 0.6) is 0 Å². The summed E-state index contributed by atoms with van der Waals surface area (Å²) in [4.78, 5) is 21.9. The third-order valence-corrected chi connectivity index (χ3v) is 2.49. The number of hydrogen-bond acceptors (Lipinski definition) is 2. The van der Waals surface area contributed by atoms with Crippen molar-refractivity contribution < 1.29 is 9.59 Å². The SMILES string of the molecule is CC(=O)C1CCC(=O)CC1C. The minimum absolute atomic E-state index is 0.146. The highest BCUT2D eigenvalue weighted by molar-refractivity contribution is 5.84. The Morgan fingerprint density at radius 3 is 2.64 bits per heavy atom. The Balaban J connectivity index is 2.57. The molecular formula is C9H14O2. The van der Waals surface area contributed by atoms with Crippen LogP contribution in [0.4, 0.5) is 0 Å². The van der Waals surface area contributed by atoms with Gasteiger partial charge >= 0.3 is 0 Å². The van der Waals surface area contributed by atoms with Gasteiger partial charge in [-0.2, -0.15) is 0 Å². The van der Waals surface area contributed by atoms with Crippen LogP contribution in [0.25, 0.3) is 0 Å². The molecule has 0 aromatic carbocycles. The van der Waals surface area contributed by atoms with E-state index in [1.54, 1.807) is 6.92 Å². The molecule has 2 heteroatoms. The number of carbonyl (C=O) groups is 2. The van der Waals surface area contributed by atoms with Gasteiger partial charge in [-0.25, -0.2) is 0 Å². The van der Waals surface area contributed by atoms with Gasteiger partial charge in [-0.15, -0.1) is 0 Å². The molecule has 0 bridgehead atoms. The van der Waals surface area contributed by atoms with Gasteiger partial charge in [-0.1, -0.05) is 6.92 Å². The molecule has 1 aliphatic carbocycles. The summed E-state index contributed by atoms with van der Waals surface area (Å²) < 4.78 is 0. The zero-order chi connectivity index (χ0) is 8.43. The summed E-state index contributed by atoms with van der Waals surface area (Å²) in [7, 11) is 0. The number of carbonyl (C=O) groups excluding carboxylic acids is 2. The van der Waals surface area contributed by atoms with Gasteiger partial charge in [0.05, 0.1) is 0 Å². The lowest BCUT2D eigenvalue weighted by atomic mass is 9.78. The maximum atomic E-state index is 11.0. The molecule has 0 aliphatic heterocycles. The second-order valence-corrected chi connectivity index (χ2v) is 3.48. The summed E-state index contributed by atoms with van der Waals surface area (Å²) in [6.07, 6.45) is 1.98. The highest BCUT2D eigenvalue weighted by atomic mass is 16.1. The number of Topliss-reactive ketones (excluding diaryl/α,β-unsaturated/α-hetero) is 2. The molecule has 0 aromatic rings. The first-order chi connectivity index (χ1) is 5.11. The molecule has 0 amide bonds. The third-order valence-electron chi connectivity index (χ3n) is 2.49. The maximum absolute atomic E-state index is 11.0. The van der Waals surface area contributed by atoms with Gasteiger partial charge < -0.3 is 0 Å². The fraction of sp³-hybridized carbons (Fsp3) is 0.778. The molecule has 0 aromatic heterocycles. The van der Waals surface area contributed by atoms with Crippen LogP contribution in [0.3, 0.4) is 0 Å². The molecule has 2 unspecified atom stereocenters. The molecule has 62 valence electrons. The average Bonchev–Trinajstić information content (AvgIpc) is 1.85. The third kappa shape index (κ3) is 1.88. The molecule has 0 radical (unpaired) electrons. The molecule has 2 nitrogen and oxygen atoms in total. The number of rotatable bonds is 1. The minimum Gasteiger partial charge on any atom is -0.300 e. The molecule has 0 spiro atoms. The van der Waals surface area contributed by atoms with E-state index >= 15 is 0 Å². The first kappa shape index (κ1) is 8.44. The molecule has 1 saturated carbocycles. The normalized spacial score (nSPS) is 32.0. The van der Waals surface area contributed by atoms with Crippen molar-refractivity contribution in [3.63, 3.8) is 0 Å². The van der Waals surface area contributed by atoms with Gasteiger partial charge in [0.2, 0.25) is 0 Å². The van der Waals surface area contributed by atoms with Crippen LogP contribution in [0.1, 0.15) is 33.1 Å². The van der Waals surface area contributed by atoms with Crippen LogP contribution in [0, 0.1) is 11.8 Å². The molecule has 1 aliphatic rings. The van der Waals surface area contributed by atoms with Crippen molar-refractivity contribution in [3.05, 3.63) is 0 Å². The largest absolute Gasteiger partial charge is 0.300 e. The van der Waals surface area contributed by atoms with E-state index in [1.165, 1.54) is 0 Å². The van der Waals surface area contributed by atoms with Crippen molar-refractivity contribution in [3.8, 4) is 0 Å². The van der Waals surface area contributed by atoms with Crippen LogP contribution in [-0.2, 0) is 9.59 Å². The van der Waals surface area contributed by atoms with Crippen LogP contribution in [-0.4, -0.2) is 11.6 Å². The Hall–Kier alpha value is -0.660. The summed E-state index contributed by atoms with van der Waals surface area (Å²) in [6, 6.07) is 0. The van der Waals surface area contributed by atoms with E-state index < -0.39 is 0 Å². The van der Waals surface area contributed by atoms with Gasteiger partial charge in [-0.05, 0) is 19.3 Å². The van der Waals surface area contributed by atoms with Gasteiger partial charge in [0.25, 0.3) is 0 Å². The van der Waals surface area contributed by atoms with Crippen molar-refractivity contribution >= 4 is 11.6 Å². The summed E-state index contributed by atoms with van der Waals surface area (Å²) >= 11 is 0. The zero-order valence-electron chi connectivity index (χ0n) is 7.09. The van der Waals surface area contributed by atoms with E-state index in [-0.39, 0.29) is 17.6 Å². The fourth-order valence-corrected chi connectivity index (χ4v) is 1.81. The summed E-state index contributed by atoms with van der Waals surface area (Å²) in [5.74, 6) is 0.974. The van der Waals surface area contributed by atoms with E-state index in [0.29, 0.717) is 18.6 Å². The van der Waals surface area contributed by atoms with Crippen molar-refractivity contribution in [1.29, 1.82) is 0 Å². The molecule has 11 heavy (non-hydrogen) atoms. The van der Waals surface area contributed by atoms with Crippen molar-refractivity contribution in [2.45, 2.75) is 33.1 Å². The second-order valence-electron chi connectivity index (χ2n) is 3.48. The Morgan fingerprint density at radius 1 is 1.55 bits per heavy atom. The molecule has 0 heterocycles. The monoisotopic (exact) mass is 154 g/mol. The standard InChI is InChI=1S/C9H14O2/c1-6-5-8(11)3-4-9(6)7(2)10/h6,9H,3-5H2,1-2H3. The Labute approximate surface area is 67.0 Å². The summed E-state index contributed by atoms with van der Waals surface area (Å²) in [5.41, 5.74) is 0. The smallest absolute Gasteiger partial charge is 0.133 e. The van der Waals surface area contributed by atoms with Crippen molar-refractivity contribution in [2.75, 3.05) is 0 Å². The molecule has 1 rings (SSSR count). The van der Waals surface area contributed by atoms with E-state index in [4.69, 9.17) is 0 Å². The lowest BCUT2D eigenvalue weighted by Crippen LogP contribution is -2.27. The summed E-state index contributed by atoms with van der Waals surface area (Å²) in [6.45, 7) is 3.61. The van der Waals surface area contributed by atoms with Crippen LogP contribution >= 0.6 is 0 Å². The van der Waals surface area contributed by atoms with Crippen LogP contribution in [0.15, 0.2) is 0 Å². The quantitative estimate of drug-likeness (QED) is 0.574. The number of hydrogen-bond donors (Lipinski definition) is 0. The Morgan fingerprint density at radius 2 is 2.18 bits per heavy atom. The van der Waals surface area contributed by atoms with Gasteiger partial charge in [0.1, 0.15) is 11.6 Å². The maximum Gasteiger partial charge on any atom is 0.133 e. The minimum atomic E-state index is 0.146. The highest BCUT2D eigenvalue weighted by Gasteiger charge is 2.28. The highest BCUT2D eigenvalue weighted by Crippen LogP contribution is 2.27. The van der Waals surface area contributed by atoms with Crippen LogP contribution < -0.4 is 0 Å². The van der Waals surface area contributed by atoms with Gasteiger partial charge in [0, 0.05) is 18.8 Å². The lowest BCUT2D eigenvalue weighted by Gasteiger charge is -2.25. The van der Waals surface area contributed by atoms with Crippen molar-refractivity contribution in [1.82, 2.24) is 0 Å². The van der Waals surface area contributed by atoms with E-state index in [0.717, 1.165) is 6.42 Å². The second kappa shape index (κ2) is 3.16. The Bertz CT molecular complexity index is 184. The van der Waals surface area contributed by atoms with E-state index in [1.807, 2.05) is 6.92 Å². The zero-order valence-corrected chi connectivity index (χ0v) is 7.09. The van der Waals surface area contributed by atoms with E-state index in [2.05, 4.69) is 0 Å². The first-order valence-corrected chi connectivity index (χ1v) is 4.13. The predicted molar refractivity (Wildman–Crippen MR) is 42.2 cm³/mol. The molecular weight excluding hydrogens is 140 g/mol. The molecule has 0 saturated heterocycles. The summed E-state index contributed by atoms with van der Waals surface area (Å²) in [5, 5.41) is 0. The average molecular weight is 154 g/mol. The van der Waals surface area contributed by atoms with E-state index in [9.17, 15) is 9.59 Å². The topological polar surface area (TPSA) is 34.1 Å². The Kier molecular flexibility index (Phi) is 2.42. The first-order valence-electron chi connectivity index (χ1n) is 4.13. The molecule has 0 N–H and O–H groups in total.